The molecule has 0 unspecified atom stereocenters. The monoisotopic (exact) mass is 274 g/mol. The van der Waals surface area contributed by atoms with Gasteiger partial charge in [0.15, 0.2) is 0 Å². The normalized spacial score (nSPS) is 10.3. The Hall–Kier alpha value is -2.36. The van der Waals surface area contributed by atoms with Gasteiger partial charge in [-0.15, -0.1) is 0 Å². The van der Waals surface area contributed by atoms with Crippen LogP contribution in [-0.4, -0.2) is 11.1 Å². The highest BCUT2D eigenvalue weighted by atomic mass is 19.1. The van der Waals surface area contributed by atoms with Gasteiger partial charge < -0.3 is 9.84 Å². The fourth-order valence-electron chi connectivity index (χ4n) is 1.90. The van der Waals surface area contributed by atoms with Crippen LogP contribution in [0.2, 0.25) is 0 Å². The fraction of sp³-hybridized carbons (Fsp3) is 0.188. The first-order valence-electron chi connectivity index (χ1n) is 6.19. The molecule has 3 nitrogen and oxygen atoms in total. The Morgan fingerprint density at radius 3 is 2.60 bits per heavy atom. The molecule has 2 aromatic carbocycles. The van der Waals surface area contributed by atoms with Crippen LogP contribution in [0.1, 0.15) is 27.0 Å². The Morgan fingerprint density at radius 1 is 1.20 bits per heavy atom. The molecule has 4 heteroatoms. The number of halogens is 1. The van der Waals surface area contributed by atoms with E-state index in [4.69, 9.17) is 9.84 Å². The summed E-state index contributed by atoms with van der Waals surface area (Å²) in [5, 5.41) is 9.12. The van der Waals surface area contributed by atoms with Gasteiger partial charge in [-0.25, -0.2) is 9.18 Å². The molecule has 0 fully saturated rings. The molecule has 0 radical (unpaired) electrons. The summed E-state index contributed by atoms with van der Waals surface area (Å²) in [7, 11) is 0. The lowest BCUT2D eigenvalue weighted by Gasteiger charge is -2.11. The van der Waals surface area contributed by atoms with Gasteiger partial charge >= 0.3 is 5.97 Å². The van der Waals surface area contributed by atoms with Gasteiger partial charge in [-0.1, -0.05) is 12.1 Å². The Balaban J connectivity index is 2.22. The van der Waals surface area contributed by atoms with E-state index in [0.29, 0.717) is 5.75 Å². The molecule has 1 N–H and O–H groups in total. The van der Waals surface area contributed by atoms with Gasteiger partial charge in [-0.05, 0) is 54.8 Å². The summed E-state index contributed by atoms with van der Waals surface area (Å²) in [4.78, 5) is 11.1. The molecule has 0 bridgehead atoms. The molecule has 104 valence electrons. The van der Waals surface area contributed by atoms with Crippen molar-refractivity contribution in [1.29, 1.82) is 0 Å². The van der Waals surface area contributed by atoms with Gasteiger partial charge in [0, 0.05) is 0 Å². The van der Waals surface area contributed by atoms with Crippen LogP contribution in [0.15, 0.2) is 36.4 Å². The van der Waals surface area contributed by atoms with Crippen molar-refractivity contribution in [2.24, 2.45) is 0 Å². The number of hydrogen-bond donors (Lipinski definition) is 1. The topological polar surface area (TPSA) is 46.5 Å². The van der Waals surface area contributed by atoms with Crippen LogP contribution in [0.3, 0.4) is 0 Å². The summed E-state index contributed by atoms with van der Waals surface area (Å²) < 4.78 is 18.6. The van der Waals surface area contributed by atoms with Crippen molar-refractivity contribution in [3.63, 3.8) is 0 Å². The Morgan fingerprint density at radius 2 is 1.95 bits per heavy atom. The van der Waals surface area contributed by atoms with Crippen molar-refractivity contribution < 1.29 is 19.0 Å². The number of hydrogen-bond acceptors (Lipinski definition) is 2. The van der Waals surface area contributed by atoms with E-state index < -0.39 is 5.97 Å². The summed E-state index contributed by atoms with van der Waals surface area (Å²) in [6.45, 7) is 3.85. The summed E-state index contributed by atoms with van der Waals surface area (Å²) in [6.07, 6.45) is 0. The first-order valence-corrected chi connectivity index (χ1v) is 6.19. The molecule has 0 atom stereocenters. The zero-order valence-electron chi connectivity index (χ0n) is 11.3. The van der Waals surface area contributed by atoms with Crippen LogP contribution < -0.4 is 4.74 Å². The maximum atomic E-state index is 13.0. The average Bonchev–Trinajstić information content (AvgIpc) is 2.37. The third kappa shape index (κ3) is 3.15. The molecule has 0 heterocycles. The van der Waals surface area contributed by atoms with Crippen LogP contribution in [0.25, 0.3) is 0 Å². The number of aromatic carboxylic acids is 1. The maximum absolute atomic E-state index is 13.0. The second-order valence-corrected chi connectivity index (χ2v) is 4.66. The smallest absolute Gasteiger partial charge is 0.339 e. The Kier molecular flexibility index (Phi) is 4.03. The van der Waals surface area contributed by atoms with Gasteiger partial charge in [0.1, 0.15) is 23.7 Å². The minimum Gasteiger partial charge on any atom is -0.488 e. The summed E-state index contributed by atoms with van der Waals surface area (Å²) in [5.41, 5.74) is 2.63. The first kappa shape index (κ1) is 14.1. The average molecular weight is 274 g/mol. The molecule has 0 aliphatic rings. The van der Waals surface area contributed by atoms with E-state index in [2.05, 4.69) is 0 Å². The SMILES string of the molecule is Cc1ccc(C(=O)O)c(OCc2ccc(F)cc2C)c1. The first-order chi connectivity index (χ1) is 9.47. The maximum Gasteiger partial charge on any atom is 0.339 e. The van der Waals surface area contributed by atoms with Crippen molar-refractivity contribution in [1.82, 2.24) is 0 Å². The van der Waals surface area contributed by atoms with Crippen molar-refractivity contribution in [2.45, 2.75) is 20.5 Å². The number of benzene rings is 2. The van der Waals surface area contributed by atoms with Crippen LogP contribution in [0.5, 0.6) is 5.75 Å². The predicted octanol–water partition coefficient (Wildman–Crippen LogP) is 3.72. The molecule has 0 spiro atoms. The molecule has 20 heavy (non-hydrogen) atoms. The third-order valence-electron chi connectivity index (χ3n) is 3.06. The van der Waals surface area contributed by atoms with Gasteiger partial charge in [0.25, 0.3) is 0 Å². The Labute approximate surface area is 116 Å². The highest BCUT2D eigenvalue weighted by Crippen LogP contribution is 2.22. The van der Waals surface area contributed by atoms with E-state index in [1.54, 1.807) is 25.1 Å². The van der Waals surface area contributed by atoms with Gasteiger partial charge in [-0.3, -0.25) is 0 Å². The summed E-state index contributed by atoms with van der Waals surface area (Å²) in [6, 6.07) is 9.35. The number of carbonyl (C=O) groups is 1. The van der Waals surface area contributed by atoms with Crippen LogP contribution >= 0.6 is 0 Å². The number of aryl methyl sites for hydroxylation is 2. The molecule has 0 amide bonds. The number of ether oxygens (including phenoxy) is 1. The van der Waals surface area contributed by atoms with Crippen molar-refractivity contribution >= 4 is 5.97 Å². The van der Waals surface area contributed by atoms with E-state index in [-0.39, 0.29) is 18.0 Å². The lowest BCUT2D eigenvalue weighted by Crippen LogP contribution is -2.04. The summed E-state index contributed by atoms with van der Waals surface area (Å²) in [5.74, 6) is -1.01. The molecule has 0 aromatic heterocycles. The van der Waals surface area contributed by atoms with Crippen molar-refractivity contribution in [3.8, 4) is 5.75 Å². The standard InChI is InChI=1S/C16H15FO3/c1-10-3-6-14(16(18)19)15(7-10)20-9-12-4-5-13(17)8-11(12)2/h3-8H,9H2,1-2H3,(H,18,19). The van der Waals surface area contributed by atoms with E-state index in [9.17, 15) is 9.18 Å². The molecular weight excluding hydrogens is 259 g/mol. The van der Waals surface area contributed by atoms with Gasteiger partial charge in [0.2, 0.25) is 0 Å². The van der Waals surface area contributed by atoms with E-state index in [1.165, 1.54) is 18.2 Å². The number of carboxylic acids is 1. The Bertz CT molecular complexity index is 650. The van der Waals surface area contributed by atoms with Crippen LogP contribution in [0.4, 0.5) is 4.39 Å². The second-order valence-electron chi connectivity index (χ2n) is 4.66. The van der Waals surface area contributed by atoms with Crippen LogP contribution in [0, 0.1) is 19.7 Å². The van der Waals surface area contributed by atoms with E-state index in [1.807, 2.05) is 6.92 Å². The zero-order valence-corrected chi connectivity index (χ0v) is 11.3. The van der Waals surface area contributed by atoms with E-state index >= 15 is 0 Å². The second kappa shape index (κ2) is 5.74. The highest BCUT2D eigenvalue weighted by Gasteiger charge is 2.12. The van der Waals surface area contributed by atoms with Crippen LogP contribution in [-0.2, 0) is 6.61 Å². The molecule has 2 rings (SSSR count). The molecule has 0 saturated carbocycles. The highest BCUT2D eigenvalue weighted by molar-refractivity contribution is 5.90. The van der Waals surface area contributed by atoms with Gasteiger partial charge in [-0.2, -0.15) is 0 Å². The minimum atomic E-state index is -1.03. The predicted molar refractivity (Wildman–Crippen MR) is 73.6 cm³/mol. The van der Waals surface area contributed by atoms with Crippen molar-refractivity contribution in [3.05, 3.63) is 64.5 Å². The number of rotatable bonds is 4. The lowest BCUT2D eigenvalue weighted by molar-refractivity contribution is 0.0692. The number of carboxylic acid groups (broad SMARTS) is 1. The molecular formula is C16H15FO3. The quantitative estimate of drug-likeness (QED) is 0.924. The zero-order chi connectivity index (χ0) is 14.7. The van der Waals surface area contributed by atoms with Gasteiger partial charge in [0.05, 0.1) is 0 Å². The lowest BCUT2D eigenvalue weighted by atomic mass is 10.1. The third-order valence-corrected chi connectivity index (χ3v) is 3.06. The fourth-order valence-corrected chi connectivity index (χ4v) is 1.90. The van der Waals surface area contributed by atoms with Crippen molar-refractivity contribution in [2.75, 3.05) is 0 Å². The molecule has 0 aliphatic heterocycles. The largest absolute Gasteiger partial charge is 0.488 e. The molecule has 0 saturated heterocycles. The molecule has 2 aromatic rings. The van der Waals surface area contributed by atoms with E-state index in [0.717, 1.165) is 16.7 Å². The summed E-state index contributed by atoms with van der Waals surface area (Å²) >= 11 is 0. The molecule has 0 aliphatic carbocycles. The minimum absolute atomic E-state index is 0.121.